The van der Waals surface area contributed by atoms with Gasteiger partial charge in [-0.15, -0.1) is 0 Å². The molecular weight excluding hydrogens is 358 g/mol. The number of allylic oxidation sites excluding steroid dienone is 1. The fraction of sp³-hybridized carbons (Fsp3) is 0.231. The Morgan fingerprint density at radius 3 is 2.43 bits per heavy atom. The molecule has 10 heteroatoms. The fourth-order valence-electron chi connectivity index (χ4n) is 1.74. The van der Waals surface area contributed by atoms with Crippen molar-refractivity contribution in [2.45, 2.75) is 6.18 Å². The first-order valence-electron chi connectivity index (χ1n) is 6.17. The van der Waals surface area contributed by atoms with Gasteiger partial charge in [0.15, 0.2) is 5.70 Å². The van der Waals surface area contributed by atoms with Gasteiger partial charge in [-0.1, -0.05) is 0 Å². The van der Waals surface area contributed by atoms with Crippen molar-refractivity contribution in [3.8, 4) is 5.75 Å². The van der Waals surface area contributed by atoms with Crippen LogP contribution in [0.4, 0.5) is 18.9 Å². The molecule has 1 aromatic rings. The van der Waals surface area contributed by atoms with Gasteiger partial charge in [0.2, 0.25) is 0 Å². The van der Waals surface area contributed by atoms with Gasteiger partial charge in [-0.2, -0.15) is 17.1 Å². The lowest BCUT2D eigenvalue weighted by Gasteiger charge is -2.22. The summed E-state index contributed by atoms with van der Waals surface area (Å²) >= 11 is 11.0. The number of hydrogen-bond acceptors (Lipinski definition) is 5. The summed E-state index contributed by atoms with van der Waals surface area (Å²) in [5, 5.41) is 0. The van der Waals surface area contributed by atoms with E-state index in [-0.39, 0.29) is 18.0 Å². The van der Waals surface area contributed by atoms with Gasteiger partial charge in [0.25, 0.3) is 0 Å². The number of nitrogens with zero attached hydrogens (tertiary/aromatic N) is 3. The minimum Gasteiger partial charge on any atom is -0.422 e. The molecule has 0 atom stereocenters. The zero-order chi connectivity index (χ0) is 17.2. The summed E-state index contributed by atoms with van der Waals surface area (Å²) in [6.45, 7) is -0.0896. The zero-order valence-electron chi connectivity index (χ0n) is 11.6. The van der Waals surface area contributed by atoms with Crippen molar-refractivity contribution in [3.63, 3.8) is 0 Å². The maximum atomic E-state index is 12.7. The lowest BCUT2D eigenvalue weighted by Crippen LogP contribution is -2.35. The molecule has 124 valence electrons. The van der Waals surface area contributed by atoms with E-state index in [0.29, 0.717) is 5.69 Å². The maximum absolute atomic E-state index is 12.7. The summed E-state index contributed by atoms with van der Waals surface area (Å²) in [6.07, 6.45) is -3.83. The SMILES string of the molecule is CN1C=C(C(F)(F)F)N=C(C(=O)Oc2ccc(N(Cl)Cl)cc2)C1. The van der Waals surface area contributed by atoms with Crippen LogP contribution in [-0.2, 0) is 4.79 Å². The molecule has 0 fully saturated rings. The van der Waals surface area contributed by atoms with Gasteiger partial charge < -0.3 is 9.64 Å². The number of esters is 1. The van der Waals surface area contributed by atoms with E-state index in [1.165, 1.54) is 36.2 Å². The number of hydrogen-bond donors (Lipinski definition) is 0. The average molecular weight is 368 g/mol. The minimum absolute atomic E-state index is 0.0896. The van der Waals surface area contributed by atoms with Gasteiger partial charge >= 0.3 is 12.1 Å². The van der Waals surface area contributed by atoms with Crippen LogP contribution in [0.5, 0.6) is 5.75 Å². The number of aliphatic imine (C=N–C) groups is 1. The van der Waals surface area contributed by atoms with E-state index in [1.54, 1.807) is 0 Å². The summed E-state index contributed by atoms with van der Waals surface area (Å²) in [7, 11) is 1.40. The second kappa shape index (κ2) is 6.67. The first-order valence-corrected chi connectivity index (χ1v) is 6.85. The average Bonchev–Trinajstić information content (AvgIpc) is 2.46. The van der Waals surface area contributed by atoms with E-state index in [2.05, 4.69) is 4.99 Å². The van der Waals surface area contributed by atoms with Crippen molar-refractivity contribution in [3.05, 3.63) is 36.2 Å². The first kappa shape index (κ1) is 17.4. The predicted molar refractivity (Wildman–Crippen MR) is 80.5 cm³/mol. The van der Waals surface area contributed by atoms with E-state index < -0.39 is 17.8 Å². The van der Waals surface area contributed by atoms with E-state index in [4.69, 9.17) is 28.3 Å². The summed E-state index contributed by atoms with van der Waals surface area (Å²) in [6, 6.07) is 5.74. The van der Waals surface area contributed by atoms with E-state index in [9.17, 15) is 18.0 Å². The van der Waals surface area contributed by atoms with Crippen molar-refractivity contribution in [2.75, 3.05) is 17.5 Å². The van der Waals surface area contributed by atoms with Crippen LogP contribution in [0.1, 0.15) is 0 Å². The van der Waals surface area contributed by atoms with Gasteiger partial charge in [0.1, 0.15) is 11.5 Å². The van der Waals surface area contributed by atoms with Gasteiger partial charge in [0.05, 0.1) is 12.2 Å². The van der Waals surface area contributed by atoms with Crippen molar-refractivity contribution >= 4 is 40.9 Å². The van der Waals surface area contributed by atoms with E-state index in [1.807, 2.05) is 0 Å². The van der Waals surface area contributed by atoms with Crippen LogP contribution in [0.25, 0.3) is 0 Å². The highest BCUT2D eigenvalue weighted by atomic mass is 35.5. The van der Waals surface area contributed by atoms with Crippen LogP contribution in [0.15, 0.2) is 41.2 Å². The summed E-state index contributed by atoms with van der Waals surface area (Å²) in [5.74, 6) is -0.838. The van der Waals surface area contributed by atoms with Crippen LogP contribution in [-0.4, -0.2) is 36.3 Å². The van der Waals surface area contributed by atoms with E-state index in [0.717, 1.165) is 10.1 Å². The van der Waals surface area contributed by atoms with Crippen molar-refractivity contribution in [1.82, 2.24) is 4.90 Å². The second-order valence-corrected chi connectivity index (χ2v) is 5.45. The number of alkyl halides is 3. The topological polar surface area (TPSA) is 45.1 Å². The third kappa shape index (κ3) is 4.52. The molecule has 0 spiro atoms. The third-order valence-corrected chi connectivity index (χ3v) is 3.16. The number of halogens is 5. The Morgan fingerprint density at radius 2 is 1.91 bits per heavy atom. The van der Waals surface area contributed by atoms with Gasteiger partial charge in [-0.05, 0) is 24.3 Å². The third-order valence-electron chi connectivity index (χ3n) is 2.77. The fourth-order valence-corrected chi connectivity index (χ4v) is 1.97. The van der Waals surface area contributed by atoms with Gasteiger partial charge in [-0.3, -0.25) is 0 Å². The highest BCUT2D eigenvalue weighted by Crippen LogP contribution is 2.29. The number of carbonyl (C=O) groups excluding carboxylic acids is 1. The molecule has 1 aliphatic rings. The molecule has 0 amide bonds. The van der Waals surface area contributed by atoms with Crippen LogP contribution >= 0.6 is 23.6 Å². The number of ether oxygens (including phenoxy) is 1. The second-order valence-electron chi connectivity index (χ2n) is 4.60. The number of benzene rings is 1. The molecule has 0 aliphatic carbocycles. The maximum Gasteiger partial charge on any atom is 0.434 e. The molecule has 0 unspecified atom stereocenters. The van der Waals surface area contributed by atoms with Crippen molar-refractivity contribution in [1.29, 1.82) is 0 Å². The normalized spacial score (nSPS) is 15.0. The Hall–Kier alpha value is -1.93. The molecule has 0 saturated carbocycles. The summed E-state index contributed by atoms with van der Waals surface area (Å²) in [4.78, 5) is 16.5. The molecule has 0 radical (unpaired) electrons. The van der Waals surface area contributed by atoms with Crippen LogP contribution in [0.3, 0.4) is 0 Å². The Labute approximate surface area is 139 Å². The minimum atomic E-state index is -4.65. The Bertz CT molecular complexity index is 657. The molecule has 2 rings (SSSR count). The Kier molecular flexibility index (Phi) is 5.06. The number of rotatable bonds is 3. The molecule has 5 nitrogen and oxygen atoms in total. The number of carbonyl (C=O) groups is 1. The summed E-state index contributed by atoms with van der Waals surface area (Å²) < 4.78 is 44.0. The van der Waals surface area contributed by atoms with Crippen LogP contribution < -0.4 is 8.67 Å². The molecule has 0 N–H and O–H groups in total. The monoisotopic (exact) mass is 367 g/mol. The van der Waals surface area contributed by atoms with Crippen LogP contribution in [0.2, 0.25) is 0 Å². The Balaban J connectivity index is 2.14. The molecule has 1 heterocycles. The number of anilines is 1. The predicted octanol–water partition coefficient (Wildman–Crippen LogP) is 3.50. The largest absolute Gasteiger partial charge is 0.434 e. The molecule has 0 saturated heterocycles. The van der Waals surface area contributed by atoms with Crippen molar-refractivity contribution in [2.24, 2.45) is 4.99 Å². The van der Waals surface area contributed by atoms with Gasteiger partial charge in [0, 0.05) is 36.8 Å². The molecule has 1 aromatic carbocycles. The lowest BCUT2D eigenvalue weighted by atomic mass is 10.2. The van der Waals surface area contributed by atoms with Crippen LogP contribution in [0, 0.1) is 0 Å². The molecule has 1 aliphatic heterocycles. The highest BCUT2D eigenvalue weighted by molar-refractivity contribution is 6.49. The van der Waals surface area contributed by atoms with E-state index >= 15 is 0 Å². The highest BCUT2D eigenvalue weighted by Gasteiger charge is 2.37. The molecule has 23 heavy (non-hydrogen) atoms. The van der Waals surface area contributed by atoms with Crippen molar-refractivity contribution < 1.29 is 22.7 Å². The molecular formula is C13H10Cl2F3N3O2. The first-order chi connectivity index (χ1) is 10.7. The van der Waals surface area contributed by atoms with Gasteiger partial charge in [-0.25, -0.2) is 9.79 Å². The molecule has 0 aromatic heterocycles. The quantitative estimate of drug-likeness (QED) is 0.466. The molecule has 0 bridgehead atoms. The smallest absolute Gasteiger partial charge is 0.422 e. The zero-order valence-corrected chi connectivity index (χ0v) is 13.2. The lowest BCUT2D eigenvalue weighted by molar-refractivity contribution is -0.127. The standard InChI is InChI=1S/C13H10Cl2F3N3O2/c1-20-6-10(19-11(7-20)13(16,17)18)12(22)23-9-4-2-8(3-5-9)21(14)15/h2-5,7H,6H2,1H3. The summed E-state index contributed by atoms with van der Waals surface area (Å²) in [5.41, 5.74) is -1.07. The Morgan fingerprint density at radius 1 is 1.30 bits per heavy atom.